The molecule has 2 heterocycles. The van der Waals surface area contributed by atoms with Crippen LogP contribution in [0.5, 0.6) is 0 Å². The summed E-state index contributed by atoms with van der Waals surface area (Å²) in [4.78, 5) is 29.7. The van der Waals surface area contributed by atoms with Gasteiger partial charge in [-0.2, -0.15) is 23.3 Å². The molecule has 0 aliphatic heterocycles. The number of hydrogen-bond donors (Lipinski definition) is 2. The molecular formula is C28H27F3N6O3. The Labute approximate surface area is 227 Å². The van der Waals surface area contributed by atoms with Gasteiger partial charge in [0.25, 0.3) is 5.91 Å². The Hall–Kier alpha value is -4.48. The molecule has 1 saturated carbocycles. The number of benzene rings is 2. The van der Waals surface area contributed by atoms with Gasteiger partial charge in [-0.3, -0.25) is 9.59 Å². The lowest BCUT2D eigenvalue weighted by atomic mass is 9.81. The van der Waals surface area contributed by atoms with Gasteiger partial charge in [0.1, 0.15) is 0 Å². The van der Waals surface area contributed by atoms with Crippen LogP contribution in [-0.4, -0.2) is 44.8 Å². The molecule has 0 bridgehead atoms. The monoisotopic (exact) mass is 552 g/mol. The van der Waals surface area contributed by atoms with Crippen molar-refractivity contribution in [3.05, 3.63) is 84.0 Å². The van der Waals surface area contributed by atoms with E-state index in [0.717, 1.165) is 29.3 Å². The lowest BCUT2D eigenvalue weighted by Crippen LogP contribution is -2.38. The summed E-state index contributed by atoms with van der Waals surface area (Å²) in [6, 6.07) is 17.7. The van der Waals surface area contributed by atoms with Gasteiger partial charge in [0.15, 0.2) is 5.69 Å². The second-order valence-corrected chi connectivity index (χ2v) is 9.59. The van der Waals surface area contributed by atoms with Gasteiger partial charge in [0.05, 0.1) is 11.3 Å². The van der Waals surface area contributed by atoms with Gasteiger partial charge >= 0.3 is 6.18 Å². The summed E-state index contributed by atoms with van der Waals surface area (Å²) >= 11 is 0. The summed E-state index contributed by atoms with van der Waals surface area (Å²) in [6.45, 7) is 0.0563. The Morgan fingerprint density at radius 1 is 0.925 bits per heavy atom. The van der Waals surface area contributed by atoms with Crippen LogP contribution in [-0.2, 0) is 11.0 Å². The summed E-state index contributed by atoms with van der Waals surface area (Å²) in [6.07, 6.45) is -1.03. The maximum Gasteiger partial charge on any atom is 0.435 e. The lowest BCUT2D eigenvalue weighted by Gasteiger charge is -2.25. The average Bonchev–Trinajstić information content (AvgIpc) is 3.65. The molecule has 12 heteroatoms. The molecule has 0 atom stereocenters. The Bertz CT molecular complexity index is 1440. The van der Waals surface area contributed by atoms with Crippen molar-refractivity contribution in [3.8, 4) is 17.1 Å². The topological polar surface area (TPSA) is 115 Å². The smallest absolute Gasteiger partial charge is 0.354 e. The highest BCUT2D eigenvalue weighted by Gasteiger charge is 2.39. The van der Waals surface area contributed by atoms with E-state index in [-0.39, 0.29) is 30.8 Å². The molecule has 5 rings (SSSR count). The highest BCUT2D eigenvalue weighted by atomic mass is 19.4. The first-order valence-corrected chi connectivity index (χ1v) is 13.0. The molecule has 2 amide bonds. The van der Waals surface area contributed by atoms with Crippen LogP contribution in [0.25, 0.3) is 17.1 Å². The van der Waals surface area contributed by atoms with Crippen molar-refractivity contribution in [1.29, 1.82) is 0 Å². The fourth-order valence-corrected chi connectivity index (χ4v) is 4.77. The number of hydrogen-bond acceptors (Lipinski definition) is 6. The Morgan fingerprint density at radius 2 is 1.57 bits per heavy atom. The summed E-state index contributed by atoms with van der Waals surface area (Å²) in [5, 5.41) is 12.9. The second-order valence-electron chi connectivity index (χ2n) is 9.59. The molecule has 0 radical (unpaired) electrons. The zero-order valence-electron chi connectivity index (χ0n) is 21.4. The van der Waals surface area contributed by atoms with Crippen molar-refractivity contribution in [1.82, 2.24) is 30.6 Å². The van der Waals surface area contributed by atoms with Gasteiger partial charge in [-0.05, 0) is 37.8 Å². The minimum Gasteiger partial charge on any atom is -0.354 e. The van der Waals surface area contributed by atoms with E-state index in [2.05, 4.69) is 25.9 Å². The molecule has 0 unspecified atom stereocenters. The van der Waals surface area contributed by atoms with Crippen LogP contribution in [0.4, 0.5) is 13.2 Å². The molecular weight excluding hydrogens is 525 g/mol. The minimum absolute atomic E-state index is 0.0298. The number of carbonyl (C=O) groups is 2. The van der Waals surface area contributed by atoms with Crippen molar-refractivity contribution in [2.75, 3.05) is 13.1 Å². The number of rotatable bonds is 8. The third-order valence-corrected chi connectivity index (χ3v) is 6.88. The van der Waals surface area contributed by atoms with Crippen LogP contribution < -0.4 is 10.6 Å². The molecule has 0 spiro atoms. The van der Waals surface area contributed by atoms with Crippen molar-refractivity contribution in [2.45, 2.75) is 37.8 Å². The number of halogens is 3. The van der Waals surface area contributed by atoms with Gasteiger partial charge < -0.3 is 15.2 Å². The second kappa shape index (κ2) is 11.7. The maximum atomic E-state index is 13.5. The third-order valence-electron chi connectivity index (χ3n) is 6.88. The average molecular weight is 553 g/mol. The Kier molecular flexibility index (Phi) is 7.94. The number of nitrogens with one attached hydrogen (secondary N) is 2. The van der Waals surface area contributed by atoms with Crippen LogP contribution in [0.15, 0.2) is 71.4 Å². The van der Waals surface area contributed by atoms with Gasteiger partial charge in [0.2, 0.25) is 17.6 Å². The molecule has 2 N–H and O–H groups in total. The van der Waals surface area contributed by atoms with E-state index >= 15 is 0 Å². The van der Waals surface area contributed by atoms with Crippen molar-refractivity contribution < 1.29 is 27.3 Å². The molecule has 2 aromatic heterocycles. The first-order valence-electron chi connectivity index (χ1n) is 13.0. The summed E-state index contributed by atoms with van der Waals surface area (Å²) < 4.78 is 47.1. The molecule has 9 nitrogen and oxygen atoms in total. The SMILES string of the molecule is O=C(NCCNC(=O)[C@H]1CC[C@H](c2nc(-c3ccccc3)no2)CC1)c1cn(-c2ccccc2)nc1C(F)(F)F. The molecule has 4 aromatic rings. The fourth-order valence-electron chi connectivity index (χ4n) is 4.77. The number of aromatic nitrogens is 4. The van der Waals surface area contributed by atoms with Crippen LogP contribution in [0.2, 0.25) is 0 Å². The van der Waals surface area contributed by atoms with Crippen molar-refractivity contribution in [3.63, 3.8) is 0 Å². The van der Waals surface area contributed by atoms with E-state index in [0.29, 0.717) is 30.2 Å². The molecule has 1 aliphatic rings. The first-order chi connectivity index (χ1) is 19.3. The fraction of sp³-hybridized carbons (Fsp3) is 0.321. The van der Waals surface area contributed by atoms with Crippen molar-refractivity contribution in [2.24, 2.45) is 5.92 Å². The zero-order chi connectivity index (χ0) is 28.1. The third kappa shape index (κ3) is 6.22. The van der Waals surface area contributed by atoms with Crippen LogP contribution in [0.3, 0.4) is 0 Å². The van der Waals surface area contributed by atoms with E-state index in [1.54, 1.807) is 30.3 Å². The Morgan fingerprint density at radius 3 is 2.25 bits per heavy atom. The molecule has 1 fully saturated rings. The molecule has 40 heavy (non-hydrogen) atoms. The van der Waals surface area contributed by atoms with E-state index < -0.39 is 23.3 Å². The van der Waals surface area contributed by atoms with E-state index in [4.69, 9.17) is 4.52 Å². The maximum absolute atomic E-state index is 13.5. The summed E-state index contributed by atoms with van der Waals surface area (Å²) in [7, 11) is 0. The summed E-state index contributed by atoms with van der Waals surface area (Å²) in [5.74, 6) is -0.103. The van der Waals surface area contributed by atoms with E-state index in [1.807, 2.05) is 30.3 Å². The summed E-state index contributed by atoms with van der Waals surface area (Å²) in [5.41, 5.74) is -0.591. The Balaban J connectivity index is 1.09. The molecule has 1 aliphatic carbocycles. The predicted molar refractivity (Wildman–Crippen MR) is 138 cm³/mol. The van der Waals surface area contributed by atoms with E-state index in [9.17, 15) is 22.8 Å². The number of para-hydroxylation sites is 1. The number of carbonyl (C=O) groups excluding carboxylic acids is 2. The highest BCUT2D eigenvalue weighted by molar-refractivity contribution is 5.95. The van der Waals surface area contributed by atoms with Crippen LogP contribution >= 0.6 is 0 Å². The van der Waals surface area contributed by atoms with E-state index in [1.165, 1.54) is 0 Å². The minimum atomic E-state index is -4.80. The quantitative estimate of drug-likeness (QED) is 0.305. The van der Waals surface area contributed by atoms with Gasteiger partial charge in [-0.25, -0.2) is 4.68 Å². The van der Waals surface area contributed by atoms with Gasteiger partial charge in [0, 0.05) is 36.7 Å². The molecule has 208 valence electrons. The van der Waals surface area contributed by atoms with Crippen molar-refractivity contribution >= 4 is 11.8 Å². The number of amides is 2. The number of nitrogens with zero attached hydrogens (tertiary/aromatic N) is 4. The molecule has 0 saturated heterocycles. The van der Waals surface area contributed by atoms with Crippen LogP contribution in [0, 0.1) is 5.92 Å². The largest absolute Gasteiger partial charge is 0.435 e. The standard InChI is InChI=1S/C28H27F3N6O3/c29-28(30,31)23-22(17-37(35-23)21-9-5-2-6-10-21)26(39)33-16-15-32-25(38)19-11-13-20(14-12-19)27-34-24(36-40-27)18-7-3-1-4-8-18/h1-10,17,19-20H,11-16H2,(H,32,38)(H,33,39)/t19-,20-. The predicted octanol–water partition coefficient (Wildman–Crippen LogP) is 4.76. The van der Waals surface area contributed by atoms with Crippen LogP contribution in [0.1, 0.15) is 53.5 Å². The molecule has 2 aromatic carbocycles. The zero-order valence-corrected chi connectivity index (χ0v) is 21.4. The first kappa shape index (κ1) is 27.1. The van der Waals surface area contributed by atoms with Gasteiger partial charge in [-0.15, -0.1) is 0 Å². The highest BCUT2D eigenvalue weighted by Crippen LogP contribution is 2.36. The van der Waals surface area contributed by atoms with Gasteiger partial charge in [-0.1, -0.05) is 53.7 Å². The normalized spacial score (nSPS) is 17.4. The number of alkyl halides is 3. The lowest BCUT2D eigenvalue weighted by molar-refractivity contribution is -0.141.